The number of pyridine rings is 1. The summed E-state index contributed by atoms with van der Waals surface area (Å²) in [6, 6.07) is 18.5. The number of fused-ring (bicyclic) bond motifs is 1. The van der Waals surface area contributed by atoms with E-state index in [9.17, 15) is 0 Å². The average molecular weight is 400 g/mol. The van der Waals surface area contributed by atoms with E-state index >= 15 is 0 Å². The lowest BCUT2D eigenvalue weighted by molar-refractivity contribution is 0.122. The third-order valence-corrected chi connectivity index (χ3v) is 5.32. The number of nitrogens with one attached hydrogen (secondary N) is 1. The maximum absolute atomic E-state index is 5.45. The summed E-state index contributed by atoms with van der Waals surface area (Å²) >= 11 is 0. The van der Waals surface area contributed by atoms with Crippen molar-refractivity contribution in [1.82, 2.24) is 19.6 Å². The van der Waals surface area contributed by atoms with Crippen molar-refractivity contribution in [2.75, 3.05) is 43.1 Å². The van der Waals surface area contributed by atoms with Crippen LogP contribution >= 0.6 is 0 Å². The highest BCUT2D eigenvalue weighted by Crippen LogP contribution is 2.24. The first kappa shape index (κ1) is 18.6. The molecule has 0 bridgehead atoms. The standard InChI is InChI=1S/C23H24N6O/c1-2-11-24-19(3-1)10-12-25-22-8-9-23-26-17-21(29(23)27-22)18-4-6-20(7-5-18)28-13-15-30-16-14-28/h1-9,11,17H,10,12-16H2,(H,25,27). The normalized spacial score (nSPS) is 14.2. The molecule has 7 nitrogen and oxygen atoms in total. The molecule has 1 N–H and O–H groups in total. The zero-order chi connectivity index (χ0) is 20.2. The summed E-state index contributed by atoms with van der Waals surface area (Å²) in [5, 5.41) is 8.14. The molecule has 3 aromatic heterocycles. The monoisotopic (exact) mass is 400 g/mol. The topological polar surface area (TPSA) is 67.6 Å². The minimum absolute atomic E-state index is 0.772. The van der Waals surface area contributed by atoms with E-state index in [0.717, 1.165) is 67.7 Å². The lowest BCUT2D eigenvalue weighted by atomic mass is 10.1. The van der Waals surface area contributed by atoms with Crippen molar-refractivity contribution < 1.29 is 4.74 Å². The summed E-state index contributed by atoms with van der Waals surface area (Å²) in [7, 11) is 0. The van der Waals surface area contributed by atoms with Crippen molar-refractivity contribution in [1.29, 1.82) is 0 Å². The molecule has 0 aliphatic carbocycles. The van der Waals surface area contributed by atoms with Gasteiger partial charge in [0.25, 0.3) is 0 Å². The van der Waals surface area contributed by atoms with Crippen molar-refractivity contribution in [3.63, 3.8) is 0 Å². The molecule has 1 aliphatic rings. The molecule has 1 fully saturated rings. The molecule has 152 valence electrons. The van der Waals surface area contributed by atoms with Crippen LogP contribution < -0.4 is 10.2 Å². The number of nitrogens with zero attached hydrogens (tertiary/aromatic N) is 5. The van der Waals surface area contributed by atoms with Gasteiger partial charge in [0.05, 0.1) is 25.1 Å². The quantitative estimate of drug-likeness (QED) is 0.536. The van der Waals surface area contributed by atoms with Gasteiger partial charge < -0.3 is 15.0 Å². The number of rotatable bonds is 6. The molecule has 0 radical (unpaired) electrons. The lowest BCUT2D eigenvalue weighted by Crippen LogP contribution is -2.36. The SMILES string of the molecule is c1ccc(CCNc2ccc3ncc(-c4ccc(N5CCOCC5)cc4)n3n2)nc1. The van der Waals surface area contributed by atoms with Crippen LogP contribution in [0, 0.1) is 0 Å². The molecule has 5 rings (SSSR count). The third-order valence-electron chi connectivity index (χ3n) is 5.32. The van der Waals surface area contributed by atoms with E-state index in [-0.39, 0.29) is 0 Å². The van der Waals surface area contributed by atoms with E-state index in [4.69, 9.17) is 9.84 Å². The van der Waals surface area contributed by atoms with E-state index < -0.39 is 0 Å². The van der Waals surface area contributed by atoms with Gasteiger partial charge in [-0.2, -0.15) is 0 Å². The van der Waals surface area contributed by atoms with Gasteiger partial charge in [-0.15, -0.1) is 5.10 Å². The second-order valence-corrected chi connectivity index (χ2v) is 7.28. The fourth-order valence-corrected chi connectivity index (χ4v) is 3.69. The molecule has 1 aromatic carbocycles. The fraction of sp³-hybridized carbons (Fsp3) is 0.261. The zero-order valence-corrected chi connectivity index (χ0v) is 16.7. The van der Waals surface area contributed by atoms with Crippen LogP contribution in [0.3, 0.4) is 0 Å². The molecular weight excluding hydrogens is 376 g/mol. The van der Waals surface area contributed by atoms with Gasteiger partial charge in [-0.1, -0.05) is 18.2 Å². The van der Waals surface area contributed by atoms with Crippen molar-refractivity contribution in [3.05, 3.63) is 72.7 Å². The number of benzene rings is 1. The molecule has 0 unspecified atom stereocenters. The van der Waals surface area contributed by atoms with E-state index in [1.54, 1.807) is 0 Å². The molecule has 4 heterocycles. The number of hydrogen-bond acceptors (Lipinski definition) is 6. The van der Waals surface area contributed by atoms with Gasteiger partial charge in [-0.25, -0.2) is 9.50 Å². The molecule has 7 heteroatoms. The van der Waals surface area contributed by atoms with Crippen LogP contribution in [0.5, 0.6) is 0 Å². The van der Waals surface area contributed by atoms with E-state index in [1.165, 1.54) is 5.69 Å². The largest absolute Gasteiger partial charge is 0.378 e. The highest BCUT2D eigenvalue weighted by Gasteiger charge is 2.12. The van der Waals surface area contributed by atoms with Crippen LogP contribution in [0.2, 0.25) is 0 Å². The number of morpholine rings is 1. The summed E-state index contributed by atoms with van der Waals surface area (Å²) in [4.78, 5) is 11.2. The van der Waals surface area contributed by atoms with Gasteiger partial charge in [0.15, 0.2) is 5.65 Å². The summed E-state index contributed by atoms with van der Waals surface area (Å²) in [6.07, 6.45) is 4.55. The first-order valence-corrected chi connectivity index (χ1v) is 10.3. The highest BCUT2D eigenvalue weighted by atomic mass is 16.5. The molecule has 1 aliphatic heterocycles. The summed E-state index contributed by atoms with van der Waals surface area (Å²) < 4.78 is 7.34. The van der Waals surface area contributed by atoms with Crippen molar-refractivity contribution in [2.24, 2.45) is 0 Å². The molecule has 0 spiro atoms. The minimum atomic E-state index is 0.772. The molecule has 1 saturated heterocycles. The number of ether oxygens (including phenoxy) is 1. The Kier molecular flexibility index (Phi) is 5.26. The van der Waals surface area contributed by atoms with Crippen LogP contribution in [0.4, 0.5) is 11.5 Å². The average Bonchev–Trinajstić information content (AvgIpc) is 3.24. The Bertz CT molecular complexity index is 1100. The van der Waals surface area contributed by atoms with Crippen molar-refractivity contribution in [2.45, 2.75) is 6.42 Å². The van der Waals surface area contributed by atoms with Gasteiger partial charge in [-0.05, 0) is 36.4 Å². The Hall–Kier alpha value is -3.45. The minimum Gasteiger partial charge on any atom is -0.378 e. The van der Waals surface area contributed by atoms with E-state index in [0.29, 0.717) is 0 Å². The van der Waals surface area contributed by atoms with Crippen LogP contribution in [0.25, 0.3) is 16.9 Å². The number of imidazole rings is 1. The lowest BCUT2D eigenvalue weighted by Gasteiger charge is -2.28. The summed E-state index contributed by atoms with van der Waals surface area (Å²) in [6.45, 7) is 4.21. The maximum Gasteiger partial charge on any atom is 0.154 e. The van der Waals surface area contributed by atoms with Crippen LogP contribution in [-0.2, 0) is 11.2 Å². The van der Waals surface area contributed by atoms with E-state index in [2.05, 4.69) is 44.5 Å². The second kappa shape index (κ2) is 8.51. The first-order chi connectivity index (χ1) is 14.9. The summed E-state index contributed by atoms with van der Waals surface area (Å²) in [5.41, 5.74) is 5.19. The van der Waals surface area contributed by atoms with Crippen molar-refractivity contribution >= 4 is 17.2 Å². The molecule has 0 amide bonds. The molecule has 0 saturated carbocycles. The van der Waals surface area contributed by atoms with E-state index in [1.807, 2.05) is 47.2 Å². The number of hydrogen-bond donors (Lipinski definition) is 1. The summed E-state index contributed by atoms with van der Waals surface area (Å²) in [5.74, 6) is 0.822. The van der Waals surface area contributed by atoms with Gasteiger partial charge in [0.1, 0.15) is 5.82 Å². The molecule has 30 heavy (non-hydrogen) atoms. The molecule has 4 aromatic rings. The second-order valence-electron chi connectivity index (χ2n) is 7.28. The Morgan fingerprint density at radius 3 is 2.60 bits per heavy atom. The van der Waals surface area contributed by atoms with Gasteiger partial charge >= 0.3 is 0 Å². The molecular formula is C23H24N6O. The van der Waals surface area contributed by atoms with Gasteiger partial charge in [0, 0.05) is 49.2 Å². The van der Waals surface area contributed by atoms with Crippen molar-refractivity contribution in [3.8, 4) is 11.3 Å². The predicted octanol–water partition coefficient (Wildman–Crippen LogP) is 3.28. The van der Waals surface area contributed by atoms with Crippen LogP contribution in [0.15, 0.2) is 67.0 Å². The number of aromatic nitrogens is 4. The molecule has 0 atom stereocenters. The Morgan fingerprint density at radius 2 is 1.80 bits per heavy atom. The van der Waals surface area contributed by atoms with Gasteiger partial charge in [-0.3, -0.25) is 4.98 Å². The van der Waals surface area contributed by atoms with Crippen LogP contribution in [0.1, 0.15) is 5.69 Å². The van der Waals surface area contributed by atoms with Crippen LogP contribution in [-0.4, -0.2) is 52.4 Å². The smallest absolute Gasteiger partial charge is 0.154 e. The number of anilines is 2. The zero-order valence-electron chi connectivity index (χ0n) is 16.7. The third kappa shape index (κ3) is 3.97. The Morgan fingerprint density at radius 1 is 0.933 bits per heavy atom. The Labute approximate surface area is 175 Å². The highest BCUT2D eigenvalue weighted by molar-refractivity contribution is 5.66. The Balaban J connectivity index is 1.32. The fourth-order valence-electron chi connectivity index (χ4n) is 3.69. The predicted molar refractivity (Wildman–Crippen MR) is 118 cm³/mol. The maximum atomic E-state index is 5.45. The first-order valence-electron chi connectivity index (χ1n) is 10.3. The van der Waals surface area contributed by atoms with Gasteiger partial charge in [0.2, 0.25) is 0 Å².